The smallest absolute Gasteiger partial charge is 0.408 e. The van der Waals surface area contributed by atoms with Crippen molar-refractivity contribution in [2.45, 2.75) is 76.0 Å². The van der Waals surface area contributed by atoms with Gasteiger partial charge in [-0.05, 0) is 64.4 Å². The molecular formula is C49H49N5O8. The average Bonchev–Trinajstić information content (AvgIpc) is 3.78. The van der Waals surface area contributed by atoms with Crippen LogP contribution in [0.2, 0.25) is 0 Å². The summed E-state index contributed by atoms with van der Waals surface area (Å²) in [5.41, 5.74) is 7.91. The number of rotatable bonds is 12. The molecule has 5 aromatic carbocycles. The lowest BCUT2D eigenvalue weighted by atomic mass is 9.98. The van der Waals surface area contributed by atoms with E-state index >= 15 is 0 Å². The fourth-order valence-corrected chi connectivity index (χ4v) is 8.85. The number of nitrogens with zero attached hydrogens (tertiary/aromatic N) is 3. The van der Waals surface area contributed by atoms with Crippen LogP contribution in [-0.2, 0) is 43.6 Å². The zero-order chi connectivity index (χ0) is 42.6. The van der Waals surface area contributed by atoms with Crippen LogP contribution < -0.4 is 11.0 Å². The van der Waals surface area contributed by atoms with Gasteiger partial charge in [0.1, 0.15) is 12.6 Å². The topological polar surface area (TPSA) is 155 Å². The molecule has 318 valence electrons. The second-order valence-corrected chi connectivity index (χ2v) is 16.3. The molecule has 3 amide bonds. The van der Waals surface area contributed by atoms with Crippen molar-refractivity contribution < 1.29 is 33.7 Å². The molecule has 0 bridgehead atoms. The van der Waals surface area contributed by atoms with Gasteiger partial charge in [-0.1, -0.05) is 109 Å². The van der Waals surface area contributed by atoms with Crippen LogP contribution >= 0.6 is 0 Å². The Hall–Kier alpha value is -6.38. The van der Waals surface area contributed by atoms with E-state index in [1.54, 1.807) is 0 Å². The van der Waals surface area contributed by atoms with Crippen molar-refractivity contribution in [3.63, 3.8) is 0 Å². The van der Waals surface area contributed by atoms with Crippen LogP contribution in [0.4, 0.5) is 4.79 Å². The molecule has 1 aromatic heterocycles. The van der Waals surface area contributed by atoms with E-state index in [9.17, 15) is 24.3 Å². The average molecular weight is 836 g/mol. The van der Waals surface area contributed by atoms with Crippen molar-refractivity contribution in [2.24, 2.45) is 0 Å². The van der Waals surface area contributed by atoms with E-state index in [1.807, 2.05) is 132 Å². The predicted molar refractivity (Wildman–Crippen MR) is 231 cm³/mol. The Balaban J connectivity index is 0.847. The van der Waals surface area contributed by atoms with Gasteiger partial charge >= 0.3 is 11.8 Å². The van der Waals surface area contributed by atoms with E-state index in [2.05, 4.69) is 15.2 Å². The Bertz CT molecular complexity index is 2580. The fraction of sp³-hybridized carbons (Fsp3) is 0.306. The number of fused-ring (bicyclic) bond motifs is 1. The molecule has 0 radical (unpaired) electrons. The van der Waals surface area contributed by atoms with Gasteiger partial charge in [-0.15, -0.1) is 0 Å². The highest BCUT2D eigenvalue weighted by atomic mass is 16.7. The minimum absolute atomic E-state index is 0.0313. The van der Waals surface area contributed by atoms with Gasteiger partial charge in [0.05, 0.1) is 42.8 Å². The second-order valence-electron chi connectivity index (χ2n) is 16.3. The number of carbonyl (C=O) groups excluding carboxylic acids is 3. The van der Waals surface area contributed by atoms with Gasteiger partial charge in [-0.25, -0.2) is 9.59 Å². The summed E-state index contributed by atoms with van der Waals surface area (Å²) in [6.07, 6.45) is 0.532. The molecule has 13 heteroatoms. The van der Waals surface area contributed by atoms with Crippen molar-refractivity contribution in [1.82, 2.24) is 24.7 Å². The summed E-state index contributed by atoms with van der Waals surface area (Å²) >= 11 is 0. The van der Waals surface area contributed by atoms with Crippen LogP contribution in [0.3, 0.4) is 0 Å². The quantitative estimate of drug-likeness (QED) is 0.111. The first-order chi connectivity index (χ1) is 30.3. The Morgan fingerprint density at radius 1 is 0.774 bits per heavy atom. The number of ether oxygens (including phenoxy) is 3. The molecule has 0 aliphatic carbocycles. The Morgan fingerprint density at radius 3 is 2.27 bits per heavy atom. The lowest BCUT2D eigenvalue weighted by Crippen LogP contribution is -2.43. The molecule has 3 N–H and O–H groups in total. The van der Waals surface area contributed by atoms with E-state index in [1.165, 1.54) is 4.90 Å². The van der Waals surface area contributed by atoms with Gasteiger partial charge in [0.25, 0.3) is 5.91 Å². The number of imide groups is 1. The molecule has 3 aliphatic heterocycles. The number of imidazole rings is 1. The van der Waals surface area contributed by atoms with E-state index in [4.69, 9.17) is 14.2 Å². The number of amides is 3. The predicted octanol–water partition coefficient (Wildman–Crippen LogP) is 6.93. The number of aromatic nitrogens is 2. The highest BCUT2D eigenvalue weighted by molar-refractivity contribution is 6.06. The number of alkyl carbamates (subject to hydrolysis) is 1. The van der Waals surface area contributed by atoms with Crippen LogP contribution in [0.15, 0.2) is 132 Å². The molecule has 4 heterocycles. The summed E-state index contributed by atoms with van der Waals surface area (Å²) in [5.74, 6) is -0.833. The Labute approximate surface area is 358 Å². The number of para-hydroxylation sites is 2. The molecule has 9 rings (SSSR count). The zero-order valence-corrected chi connectivity index (χ0v) is 34.2. The standard InChI is InChI=1S/C49H49N5O8/c55-30-32-13-15-36(16-14-32)44-26-40(29-52-23-21-39(22-24-52)54-43-12-5-4-11-41(43)50-48(54)58)61-47(62-44)37-19-17-35(18-20-37)38-10-6-9-34(25-38)28-53-45(56)27-42(46(53)57)51-49(59)60-31-33-7-2-1-3-8-33/h1-20,25,39-40,42,44,47,55H,21-24,26-31H2,(H,50,58)(H,51,59). The zero-order valence-electron chi connectivity index (χ0n) is 34.2. The molecular weight excluding hydrogens is 787 g/mol. The summed E-state index contributed by atoms with van der Waals surface area (Å²) < 4.78 is 20.5. The van der Waals surface area contributed by atoms with Gasteiger partial charge < -0.3 is 34.5 Å². The molecule has 4 unspecified atom stereocenters. The Morgan fingerprint density at radius 2 is 1.50 bits per heavy atom. The summed E-state index contributed by atoms with van der Waals surface area (Å²) in [5, 5.41) is 12.2. The first-order valence-corrected chi connectivity index (χ1v) is 21.2. The minimum Gasteiger partial charge on any atom is -0.445 e. The molecule has 4 atom stereocenters. The summed E-state index contributed by atoms with van der Waals surface area (Å²) in [7, 11) is 0. The van der Waals surface area contributed by atoms with Crippen LogP contribution in [0.25, 0.3) is 22.2 Å². The lowest BCUT2D eigenvalue weighted by Gasteiger charge is -2.40. The van der Waals surface area contributed by atoms with Gasteiger partial charge in [-0.2, -0.15) is 0 Å². The number of aromatic amines is 1. The maximum absolute atomic E-state index is 13.2. The first-order valence-electron chi connectivity index (χ1n) is 21.2. The third-order valence-corrected chi connectivity index (χ3v) is 12.2. The fourth-order valence-electron chi connectivity index (χ4n) is 8.85. The van der Waals surface area contributed by atoms with Gasteiger partial charge in [0.15, 0.2) is 6.29 Å². The normalized spacial score (nSPS) is 21.1. The van der Waals surface area contributed by atoms with Crippen molar-refractivity contribution in [3.8, 4) is 11.1 Å². The third kappa shape index (κ3) is 9.12. The molecule has 62 heavy (non-hydrogen) atoms. The molecule has 13 nitrogen and oxygen atoms in total. The number of H-pyrrole nitrogens is 1. The number of benzene rings is 5. The largest absolute Gasteiger partial charge is 0.445 e. The molecule has 0 spiro atoms. The van der Waals surface area contributed by atoms with Gasteiger partial charge in [0.2, 0.25) is 5.91 Å². The molecule has 6 aromatic rings. The maximum Gasteiger partial charge on any atom is 0.408 e. The second kappa shape index (κ2) is 18.3. The van der Waals surface area contributed by atoms with Gasteiger partial charge in [-0.3, -0.25) is 19.1 Å². The highest BCUT2D eigenvalue weighted by Crippen LogP contribution is 2.39. The monoisotopic (exact) mass is 835 g/mol. The van der Waals surface area contributed by atoms with Crippen LogP contribution in [0.5, 0.6) is 0 Å². The summed E-state index contributed by atoms with van der Waals surface area (Å²) in [6.45, 7) is 2.51. The van der Waals surface area contributed by atoms with Crippen LogP contribution in [0, 0.1) is 0 Å². The van der Waals surface area contributed by atoms with E-state index in [0.717, 1.165) is 82.5 Å². The summed E-state index contributed by atoms with van der Waals surface area (Å²) in [6, 6.07) is 39.8. The third-order valence-electron chi connectivity index (χ3n) is 12.2. The molecule has 3 saturated heterocycles. The highest BCUT2D eigenvalue weighted by Gasteiger charge is 2.40. The number of likely N-dealkylation sites (tertiary alicyclic amines) is 2. The number of hydrogen-bond donors (Lipinski definition) is 3. The molecule has 3 fully saturated rings. The number of carbonyl (C=O) groups is 3. The Kier molecular flexibility index (Phi) is 12.1. The number of piperidine rings is 1. The van der Waals surface area contributed by atoms with Crippen molar-refractivity contribution in [3.05, 3.63) is 166 Å². The van der Waals surface area contributed by atoms with Gasteiger partial charge in [0, 0.05) is 37.7 Å². The van der Waals surface area contributed by atoms with E-state index in [0.29, 0.717) is 6.42 Å². The van der Waals surface area contributed by atoms with Crippen molar-refractivity contribution in [2.75, 3.05) is 19.6 Å². The lowest BCUT2D eigenvalue weighted by molar-refractivity contribution is -0.253. The number of aliphatic hydroxyl groups is 1. The van der Waals surface area contributed by atoms with Crippen LogP contribution in [0.1, 0.15) is 71.9 Å². The number of aliphatic hydroxyl groups excluding tert-OH is 1. The first kappa shape index (κ1) is 41.0. The van der Waals surface area contributed by atoms with E-state index < -0.39 is 24.3 Å². The van der Waals surface area contributed by atoms with Crippen LogP contribution in [-0.4, -0.2) is 74.1 Å². The van der Waals surface area contributed by atoms with Crippen molar-refractivity contribution >= 4 is 28.9 Å². The van der Waals surface area contributed by atoms with Crippen molar-refractivity contribution in [1.29, 1.82) is 0 Å². The summed E-state index contributed by atoms with van der Waals surface area (Å²) in [4.78, 5) is 58.2. The minimum atomic E-state index is -0.986. The number of hydrogen-bond acceptors (Lipinski definition) is 9. The van der Waals surface area contributed by atoms with E-state index in [-0.39, 0.29) is 56.0 Å². The SMILES string of the molecule is O=C(NC1CC(=O)N(Cc2cccc(-c3ccc(C4OC(CN5CCC(n6c(=O)[nH]c7ccccc76)CC5)CC(c5ccc(CO)cc5)O4)cc3)c2)C1=O)OCc1ccccc1. The maximum atomic E-state index is 13.2. The molecule has 3 aliphatic rings. The number of nitrogens with one attached hydrogen (secondary N) is 2. The molecule has 0 saturated carbocycles.